The van der Waals surface area contributed by atoms with Crippen molar-refractivity contribution in [2.45, 2.75) is 13.3 Å². The predicted molar refractivity (Wildman–Crippen MR) is 101 cm³/mol. The van der Waals surface area contributed by atoms with Gasteiger partial charge in [0.15, 0.2) is 11.4 Å². The number of rotatable bonds is 5. The molecule has 0 fully saturated rings. The fourth-order valence-electron chi connectivity index (χ4n) is 2.82. The zero-order valence-corrected chi connectivity index (χ0v) is 15.0. The number of methoxy groups -OCH3 is 1. The van der Waals surface area contributed by atoms with Gasteiger partial charge in [-0.2, -0.15) is 5.10 Å². The van der Waals surface area contributed by atoms with Gasteiger partial charge in [0.2, 0.25) is 0 Å². The minimum Gasteiger partial charge on any atom is -0.497 e. The molecule has 0 aliphatic heterocycles. The number of amides is 1. The Bertz CT molecular complexity index is 1080. The maximum absolute atomic E-state index is 12.7. The van der Waals surface area contributed by atoms with Crippen LogP contribution in [0.4, 0.5) is 5.69 Å². The Morgan fingerprint density at radius 2 is 2.04 bits per heavy atom. The first kappa shape index (κ1) is 16.8. The Kier molecular flexibility index (Phi) is 4.33. The lowest BCUT2D eigenvalue weighted by atomic mass is 10.2. The maximum Gasteiger partial charge on any atom is 0.274 e. The highest BCUT2D eigenvalue weighted by Crippen LogP contribution is 2.21. The number of carbonyl (C=O) groups is 1. The molecular formula is C20H18N4O3. The number of hydrogen-bond donors (Lipinski definition) is 1. The number of nitrogens with zero attached hydrogens (tertiary/aromatic N) is 3. The van der Waals surface area contributed by atoms with Gasteiger partial charge in [-0.15, -0.1) is 0 Å². The molecule has 0 saturated heterocycles. The number of hydrogen-bond acceptors (Lipinski definition) is 5. The van der Waals surface area contributed by atoms with Gasteiger partial charge < -0.3 is 14.5 Å². The molecular weight excluding hydrogens is 344 g/mol. The van der Waals surface area contributed by atoms with E-state index in [1.807, 2.05) is 19.1 Å². The van der Waals surface area contributed by atoms with Crippen molar-refractivity contribution in [2.24, 2.45) is 0 Å². The highest BCUT2D eigenvalue weighted by molar-refractivity contribution is 6.03. The minimum atomic E-state index is -0.280. The van der Waals surface area contributed by atoms with E-state index in [9.17, 15) is 4.79 Å². The van der Waals surface area contributed by atoms with Gasteiger partial charge in [0.05, 0.1) is 13.4 Å². The van der Waals surface area contributed by atoms with E-state index in [4.69, 9.17) is 9.15 Å². The second-order valence-electron chi connectivity index (χ2n) is 5.95. The average molecular weight is 362 g/mol. The molecule has 1 N–H and O–H groups in total. The number of ether oxygens (including phenoxy) is 1. The zero-order chi connectivity index (χ0) is 18.8. The maximum atomic E-state index is 12.7. The first-order valence-electron chi connectivity index (χ1n) is 8.57. The van der Waals surface area contributed by atoms with Crippen molar-refractivity contribution in [3.8, 4) is 17.2 Å². The second kappa shape index (κ2) is 6.95. The van der Waals surface area contributed by atoms with E-state index in [-0.39, 0.29) is 5.91 Å². The number of benzene rings is 1. The molecule has 0 unspecified atom stereocenters. The molecule has 27 heavy (non-hydrogen) atoms. The Balaban J connectivity index is 1.67. The summed E-state index contributed by atoms with van der Waals surface area (Å²) in [4.78, 5) is 17.1. The average Bonchev–Trinajstić information content (AvgIpc) is 3.37. The first-order chi connectivity index (χ1) is 13.2. The van der Waals surface area contributed by atoms with E-state index in [1.165, 1.54) is 0 Å². The topological polar surface area (TPSA) is 81.7 Å². The van der Waals surface area contributed by atoms with E-state index in [0.717, 1.165) is 11.4 Å². The molecule has 7 heteroatoms. The van der Waals surface area contributed by atoms with E-state index < -0.39 is 0 Å². The van der Waals surface area contributed by atoms with Gasteiger partial charge in [-0.1, -0.05) is 6.92 Å². The van der Waals surface area contributed by atoms with Crippen LogP contribution in [0.5, 0.6) is 5.75 Å². The fraction of sp³-hybridized carbons (Fsp3) is 0.150. The van der Waals surface area contributed by atoms with Crippen molar-refractivity contribution < 1.29 is 13.9 Å². The second-order valence-corrected chi connectivity index (χ2v) is 5.95. The number of fused-ring (bicyclic) bond motifs is 1. The molecule has 1 amide bonds. The van der Waals surface area contributed by atoms with Gasteiger partial charge in [0, 0.05) is 17.4 Å². The summed E-state index contributed by atoms with van der Waals surface area (Å²) in [6, 6.07) is 14.3. The molecule has 3 aromatic heterocycles. The molecule has 0 radical (unpaired) electrons. The van der Waals surface area contributed by atoms with Crippen molar-refractivity contribution in [3.05, 3.63) is 66.2 Å². The van der Waals surface area contributed by atoms with Gasteiger partial charge in [0.1, 0.15) is 17.1 Å². The molecule has 0 aliphatic rings. The number of furan rings is 1. The van der Waals surface area contributed by atoms with E-state index >= 15 is 0 Å². The van der Waals surface area contributed by atoms with Crippen LogP contribution >= 0.6 is 0 Å². The standard InChI is InChI=1S/C20H18N4O3/c1-3-14-11-17(20(25)21-13-6-8-15(26-2)9-7-13)22-19-12-16(23-24(14)19)18-5-4-10-27-18/h4-12H,3H2,1-2H3,(H,21,25). The molecule has 0 bridgehead atoms. The molecule has 4 rings (SSSR count). The third-order valence-electron chi connectivity index (χ3n) is 4.22. The molecule has 7 nitrogen and oxygen atoms in total. The lowest BCUT2D eigenvalue weighted by Gasteiger charge is -2.08. The molecule has 0 saturated carbocycles. The molecule has 136 valence electrons. The SMILES string of the molecule is CCc1cc(C(=O)Nc2ccc(OC)cc2)nc2cc(-c3ccco3)nn12. The van der Waals surface area contributed by atoms with Crippen LogP contribution in [0.15, 0.2) is 59.2 Å². The molecule has 3 heterocycles. The van der Waals surface area contributed by atoms with Gasteiger partial charge in [-0.05, 0) is 48.9 Å². The molecule has 4 aromatic rings. The highest BCUT2D eigenvalue weighted by atomic mass is 16.5. The Hall–Kier alpha value is -3.61. The van der Waals surface area contributed by atoms with Gasteiger partial charge >= 0.3 is 0 Å². The van der Waals surface area contributed by atoms with E-state index in [2.05, 4.69) is 15.4 Å². The third kappa shape index (κ3) is 3.27. The van der Waals surface area contributed by atoms with Crippen LogP contribution in [0.25, 0.3) is 17.1 Å². The summed E-state index contributed by atoms with van der Waals surface area (Å²) in [7, 11) is 1.60. The van der Waals surface area contributed by atoms with E-state index in [1.54, 1.807) is 54.3 Å². The Morgan fingerprint density at radius 1 is 1.22 bits per heavy atom. The lowest BCUT2D eigenvalue weighted by Crippen LogP contribution is -2.15. The van der Waals surface area contributed by atoms with Crippen molar-refractivity contribution in [3.63, 3.8) is 0 Å². The molecule has 0 aliphatic carbocycles. The van der Waals surface area contributed by atoms with Crippen LogP contribution in [-0.4, -0.2) is 27.6 Å². The van der Waals surface area contributed by atoms with Crippen LogP contribution in [0.2, 0.25) is 0 Å². The van der Waals surface area contributed by atoms with Crippen LogP contribution < -0.4 is 10.1 Å². The summed E-state index contributed by atoms with van der Waals surface area (Å²) in [5.41, 5.74) is 3.17. The number of aromatic nitrogens is 3. The molecule has 0 atom stereocenters. The monoisotopic (exact) mass is 362 g/mol. The van der Waals surface area contributed by atoms with Crippen molar-refractivity contribution in [2.75, 3.05) is 12.4 Å². The minimum absolute atomic E-state index is 0.280. The van der Waals surface area contributed by atoms with Crippen molar-refractivity contribution >= 4 is 17.2 Å². The molecule has 1 aromatic carbocycles. The predicted octanol–water partition coefficient (Wildman–Crippen LogP) is 3.81. The molecule has 0 spiro atoms. The zero-order valence-electron chi connectivity index (χ0n) is 15.0. The summed E-state index contributed by atoms with van der Waals surface area (Å²) >= 11 is 0. The van der Waals surface area contributed by atoms with Gasteiger partial charge in [-0.3, -0.25) is 4.79 Å². The fourth-order valence-corrected chi connectivity index (χ4v) is 2.82. The van der Waals surface area contributed by atoms with Crippen LogP contribution in [0.1, 0.15) is 23.1 Å². The van der Waals surface area contributed by atoms with Crippen LogP contribution in [-0.2, 0) is 6.42 Å². The largest absolute Gasteiger partial charge is 0.497 e. The number of nitrogens with one attached hydrogen (secondary N) is 1. The first-order valence-corrected chi connectivity index (χ1v) is 8.57. The van der Waals surface area contributed by atoms with Crippen molar-refractivity contribution in [1.82, 2.24) is 14.6 Å². The van der Waals surface area contributed by atoms with Crippen molar-refractivity contribution in [1.29, 1.82) is 0 Å². The summed E-state index contributed by atoms with van der Waals surface area (Å²) in [5.74, 6) is 1.11. The van der Waals surface area contributed by atoms with Gasteiger partial charge in [-0.25, -0.2) is 9.50 Å². The smallest absolute Gasteiger partial charge is 0.274 e. The quantitative estimate of drug-likeness (QED) is 0.584. The summed E-state index contributed by atoms with van der Waals surface area (Å²) in [6.07, 6.45) is 2.31. The number of anilines is 1. The lowest BCUT2D eigenvalue weighted by molar-refractivity contribution is 0.102. The van der Waals surface area contributed by atoms with Crippen LogP contribution in [0, 0.1) is 0 Å². The van der Waals surface area contributed by atoms with E-state index in [0.29, 0.717) is 34.9 Å². The van der Waals surface area contributed by atoms with Crippen LogP contribution in [0.3, 0.4) is 0 Å². The Labute approximate surface area is 155 Å². The summed E-state index contributed by atoms with van der Waals surface area (Å²) in [6.45, 7) is 2.01. The Morgan fingerprint density at radius 3 is 2.70 bits per heavy atom. The summed E-state index contributed by atoms with van der Waals surface area (Å²) < 4.78 is 12.3. The normalized spacial score (nSPS) is 10.9. The highest BCUT2D eigenvalue weighted by Gasteiger charge is 2.15. The third-order valence-corrected chi connectivity index (χ3v) is 4.22. The van der Waals surface area contributed by atoms with Gasteiger partial charge in [0.25, 0.3) is 5.91 Å². The number of aryl methyl sites for hydroxylation is 1. The number of carbonyl (C=O) groups excluding carboxylic acids is 1. The summed E-state index contributed by atoms with van der Waals surface area (Å²) in [5, 5.41) is 7.40.